The maximum Gasteiger partial charge on any atom is 0.425 e. The van der Waals surface area contributed by atoms with Gasteiger partial charge in [-0.25, -0.2) is 0 Å². The van der Waals surface area contributed by atoms with Crippen LogP contribution in [0.25, 0.3) is 0 Å². The van der Waals surface area contributed by atoms with Crippen LogP contribution in [0.3, 0.4) is 0 Å². The first-order chi connectivity index (χ1) is 18.3. The molecule has 0 bridgehead atoms. The summed E-state index contributed by atoms with van der Waals surface area (Å²) in [5.41, 5.74) is -4.76. The maximum atomic E-state index is 15.0. The summed E-state index contributed by atoms with van der Waals surface area (Å²) in [5.74, 6) is -2.49. The second-order valence-corrected chi connectivity index (χ2v) is 10.3. The zero-order valence-electron chi connectivity index (χ0n) is 22.2. The van der Waals surface area contributed by atoms with Gasteiger partial charge in [-0.15, -0.1) is 0 Å². The SMILES string of the molecule is COc1cccc(C(=O)N[C@@]2(C(F)(F)F)C(=O)N(Cc3ccc(OC)c(OC)c3)C3=C2C(=O)CC(C)(C)C3)c1. The van der Waals surface area contributed by atoms with Crippen molar-refractivity contribution in [1.82, 2.24) is 10.2 Å². The fourth-order valence-corrected chi connectivity index (χ4v) is 5.16. The van der Waals surface area contributed by atoms with E-state index < -0.39 is 40.3 Å². The predicted octanol–water partition coefficient (Wildman–Crippen LogP) is 4.43. The molecular formula is C28H29F3N2O6. The molecule has 2 aromatic rings. The smallest absolute Gasteiger partial charge is 0.425 e. The molecule has 39 heavy (non-hydrogen) atoms. The summed E-state index contributed by atoms with van der Waals surface area (Å²) in [5, 5.41) is 1.93. The number of alkyl halides is 3. The average molecular weight is 547 g/mol. The Bertz CT molecular complexity index is 1370. The van der Waals surface area contributed by atoms with E-state index in [-0.39, 0.29) is 36.4 Å². The van der Waals surface area contributed by atoms with E-state index in [1.165, 1.54) is 45.6 Å². The molecule has 0 spiro atoms. The van der Waals surface area contributed by atoms with Gasteiger partial charge in [0, 0.05) is 17.7 Å². The van der Waals surface area contributed by atoms with Crippen LogP contribution < -0.4 is 19.5 Å². The van der Waals surface area contributed by atoms with E-state index in [9.17, 15) is 14.4 Å². The maximum absolute atomic E-state index is 15.0. The van der Waals surface area contributed by atoms with Crippen LogP contribution in [-0.2, 0) is 16.1 Å². The van der Waals surface area contributed by atoms with Gasteiger partial charge >= 0.3 is 6.18 Å². The van der Waals surface area contributed by atoms with Gasteiger partial charge in [0.05, 0.1) is 33.4 Å². The molecule has 1 atom stereocenters. The number of benzene rings is 2. The number of amides is 2. The van der Waals surface area contributed by atoms with Crippen LogP contribution in [0.2, 0.25) is 0 Å². The molecule has 1 N–H and O–H groups in total. The van der Waals surface area contributed by atoms with Crippen molar-refractivity contribution in [2.75, 3.05) is 21.3 Å². The first-order valence-electron chi connectivity index (χ1n) is 12.1. The summed E-state index contributed by atoms with van der Waals surface area (Å²) in [7, 11) is 4.20. The zero-order chi connectivity index (χ0) is 28.8. The van der Waals surface area contributed by atoms with E-state index in [0.717, 1.165) is 4.90 Å². The second kappa shape index (κ2) is 9.94. The lowest BCUT2D eigenvalue weighted by atomic mass is 9.72. The predicted molar refractivity (Wildman–Crippen MR) is 134 cm³/mol. The minimum atomic E-state index is -5.32. The lowest BCUT2D eigenvalue weighted by Crippen LogP contribution is -2.66. The highest BCUT2D eigenvalue weighted by atomic mass is 19.4. The highest BCUT2D eigenvalue weighted by molar-refractivity contribution is 6.14. The number of carbonyl (C=O) groups excluding carboxylic acids is 3. The van der Waals surface area contributed by atoms with Gasteiger partial charge in [-0.1, -0.05) is 26.0 Å². The van der Waals surface area contributed by atoms with Crippen molar-refractivity contribution in [2.45, 2.75) is 44.9 Å². The number of hydrogen-bond acceptors (Lipinski definition) is 6. The Balaban J connectivity index is 1.85. The average Bonchev–Trinajstić information content (AvgIpc) is 3.11. The van der Waals surface area contributed by atoms with Crippen LogP contribution >= 0.6 is 0 Å². The third-order valence-electron chi connectivity index (χ3n) is 6.97. The highest BCUT2D eigenvalue weighted by Crippen LogP contribution is 2.52. The molecule has 0 saturated carbocycles. The van der Waals surface area contributed by atoms with E-state index in [1.807, 2.05) is 5.32 Å². The van der Waals surface area contributed by atoms with Crippen LogP contribution in [-0.4, -0.2) is 55.5 Å². The molecule has 208 valence electrons. The van der Waals surface area contributed by atoms with Crippen molar-refractivity contribution in [2.24, 2.45) is 5.41 Å². The summed E-state index contributed by atoms with van der Waals surface area (Å²) >= 11 is 0. The topological polar surface area (TPSA) is 94.2 Å². The third kappa shape index (κ3) is 4.81. The van der Waals surface area contributed by atoms with E-state index in [1.54, 1.807) is 32.0 Å². The number of nitrogens with one attached hydrogen (secondary N) is 1. The van der Waals surface area contributed by atoms with E-state index in [0.29, 0.717) is 17.1 Å². The lowest BCUT2D eigenvalue weighted by Gasteiger charge is -2.35. The van der Waals surface area contributed by atoms with E-state index >= 15 is 13.2 Å². The summed E-state index contributed by atoms with van der Waals surface area (Å²) in [6.07, 6.45) is -5.50. The molecule has 2 amide bonds. The number of halogens is 3. The molecule has 8 nitrogen and oxygen atoms in total. The van der Waals surface area contributed by atoms with Gasteiger partial charge in [0.1, 0.15) is 5.75 Å². The Kier molecular flexibility index (Phi) is 7.14. The highest BCUT2D eigenvalue weighted by Gasteiger charge is 2.71. The first-order valence-corrected chi connectivity index (χ1v) is 12.1. The van der Waals surface area contributed by atoms with Gasteiger partial charge < -0.3 is 24.4 Å². The first kappa shape index (κ1) is 28.0. The van der Waals surface area contributed by atoms with Crippen molar-refractivity contribution in [1.29, 1.82) is 0 Å². The summed E-state index contributed by atoms with van der Waals surface area (Å²) < 4.78 is 60.7. The Morgan fingerprint density at radius 1 is 0.974 bits per heavy atom. The second-order valence-electron chi connectivity index (χ2n) is 10.3. The van der Waals surface area contributed by atoms with Crippen LogP contribution in [0.4, 0.5) is 13.2 Å². The standard InChI is InChI=1S/C28H29F3N2O6/c1-26(2)13-19-23(20(34)14-26)27(28(29,30)31,32-24(35)17-7-6-8-18(12-17)37-3)25(36)33(19)15-16-9-10-21(38-4)22(11-16)39-5/h6-12H,13-15H2,1-5H3,(H,32,35)/t27-/m1/s1. The van der Waals surface area contributed by atoms with E-state index in [4.69, 9.17) is 14.2 Å². The summed E-state index contributed by atoms with van der Waals surface area (Å²) in [4.78, 5) is 41.4. The van der Waals surface area contributed by atoms with Gasteiger partial charge in [0.2, 0.25) is 5.54 Å². The van der Waals surface area contributed by atoms with Crippen molar-refractivity contribution < 1.29 is 41.8 Å². The lowest BCUT2D eigenvalue weighted by molar-refractivity contribution is -0.190. The van der Waals surface area contributed by atoms with E-state index in [2.05, 4.69) is 0 Å². The third-order valence-corrected chi connectivity index (χ3v) is 6.97. The number of nitrogens with zero attached hydrogens (tertiary/aromatic N) is 1. The van der Waals surface area contributed by atoms with Crippen LogP contribution in [0.1, 0.15) is 42.6 Å². The van der Waals surface area contributed by atoms with Crippen molar-refractivity contribution >= 4 is 17.6 Å². The molecule has 11 heteroatoms. The fraction of sp³-hybridized carbons (Fsp3) is 0.393. The number of rotatable bonds is 7. The number of methoxy groups -OCH3 is 3. The summed E-state index contributed by atoms with van der Waals surface area (Å²) in [6.45, 7) is 3.21. The Morgan fingerprint density at radius 3 is 2.28 bits per heavy atom. The molecule has 1 aliphatic carbocycles. The normalized spacial score (nSPS) is 20.6. The molecule has 4 rings (SSSR count). The quantitative estimate of drug-likeness (QED) is 0.553. The number of Topliss-reactive ketones (excluding diaryl/α,β-unsaturated/α-hetero) is 1. The minimum absolute atomic E-state index is 0.0277. The Labute approximate surface area is 223 Å². The van der Waals surface area contributed by atoms with Crippen LogP contribution in [0.5, 0.6) is 17.2 Å². The molecule has 1 heterocycles. The molecule has 0 saturated heterocycles. The molecule has 2 aliphatic rings. The summed E-state index contributed by atoms with van der Waals surface area (Å²) in [6, 6.07) is 10.2. The number of ether oxygens (including phenoxy) is 3. The molecule has 0 aromatic heterocycles. The Morgan fingerprint density at radius 2 is 1.67 bits per heavy atom. The molecule has 1 aliphatic heterocycles. The number of ketones is 1. The van der Waals surface area contributed by atoms with Crippen LogP contribution in [0, 0.1) is 5.41 Å². The van der Waals surface area contributed by atoms with Gasteiger partial charge in [-0.3, -0.25) is 14.4 Å². The van der Waals surface area contributed by atoms with Gasteiger partial charge in [0.25, 0.3) is 11.8 Å². The van der Waals surface area contributed by atoms with Crippen molar-refractivity contribution in [3.63, 3.8) is 0 Å². The molecule has 2 aromatic carbocycles. The molecular weight excluding hydrogens is 517 g/mol. The Hall–Kier alpha value is -4.02. The van der Waals surface area contributed by atoms with Gasteiger partial charge in [0.15, 0.2) is 17.3 Å². The van der Waals surface area contributed by atoms with Crippen molar-refractivity contribution in [3.05, 3.63) is 64.9 Å². The van der Waals surface area contributed by atoms with Gasteiger partial charge in [-0.2, -0.15) is 13.2 Å². The molecule has 0 radical (unpaired) electrons. The minimum Gasteiger partial charge on any atom is -0.497 e. The van der Waals surface area contributed by atoms with Crippen molar-refractivity contribution in [3.8, 4) is 17.2 Å². The zero-order valence-corrected chi connectivity index (χ0v) is 22.2. The molecule has 0 unspecified atom stereocenters. The van der Waals surface area contributed by atoms with Crippen LogP contribution in [0.15, 0.2) is 53.7 Å². The largest absolute Gasteiger partial charge is 0.497 e. The number of carbonyl (C=O) groups is 3. The molecule has 0 fully saturated rings. The van der Waals surface area contributed by atoms with Gasteiger partial charge in [-0.05, 0) is 47.7 Å². The number of hydrogen-bond donors (Lipinski definition) is 1. The number of allylic oxidation sites excluding steroid dienone is 1. The fourth-order valence-electron chi connectivity index (χ4n) is 5.16. The monoisotopic (exact) mass is 546 g/mol.